The van der Waals surface area contributed by atoms with E-state index in [4.69, 9.17) is 0 Å². The second-order valence-electron chi connectivity index (χ2n) is 8.45. The van der Waals surface area contributed by atoms with E-state index in [9.17, 15) is 9.59 Å². The highest BCUT2D eigenvalue weighted by Gasteiger charge is 2.39. The summed E-state index contributed by atoms with van der Waals surface area (Å²) in [7, 11) is 3.60. The zero-order chi connectivity index (χ0) is 19.0. The van der Waals surface area contributed by atoms with Crippen molar-refractivity contribution in [2.45, 2.75) is 31.8 Å². The first-order valence-electron chi connectivity index (χ1n) is 10.1. The van der Waals surface area contributed by atoms with Crippen LogP contribution in [-0.2, 0) is 17.8 Å². The Kier molecular flexibility index (Phi) is 5.08. The minimum atomic E-state index is 0.0637. The predicted molar refractivity (Wildman–Crippen MR) is 104 cm³/mol. The van der Waals surface area contributed by atoms with E-state index < -0.39 is 0 Å². The Bertz CT molecular complexity index is 720. The molecular formula is C21H30N4O2. The number of hydrogen-bond donors (Lipinski definition) is 0. The van der Waals surface area contributed by atoms with Crippen LogP contribution in [0.4, 0.5) is 4.79 Å². The highest BCUT2D eigenvalue weighted by atomic mass is 16.2. The van der Waals surface area contributed by atoms with Crippen LogP contribution in [0.15, 0.2) is 24.3 Å². The Morgan fingerprint density at radius 2 is 1.85 bits per heavy atom. The third kappa shape index (κ3) is 3.81. The highest BCUT2D eigenvalue weighted by Crippen LogP contribution is 2.29. The summed E-state index contributed by atoms with van der Waals surface area (Å²) in [6.07, 6.45) is 3.14. The molecule has 0 N–H and O–H groups in total. The lowest BCUT2D eigenvalue weighted by Crippen LogP contribution is -2.51. The molecule has 27 heavy (non-hydrogen) atoms. The zero-order valence-electron chi connectivity index (χ0n) is 16.4. The van der Waals surface area contributed by atoms with Gasteiger partial charge in [0.25, 0.3) is 0 Å². The summed E-state index contributed by atoms with van der Waals surface area (Å²) >= 11 is 0. The Hall–Kier alpha value is -2.08. The summed E-state index contributed by atoms with van der Waals surface area (Å²) in [5, 5.41) is 0. The van der Waals surface area contributed by atoms with Crippen molar-refractivity contribution < 1.29 is 9.59 Å². The summed E-state index contributed by atoms with van der Waals surface area (Å²) in [4.78, 5) is 33.4. The number of benzene rings is 1. The van der Waals surface area contributed by atoms with Gasteiger partial charge in [0, 0.05) is 52.9 Å². The Morgan fingerprint density at radius 3 is 2.63 bits per heavy atom. The predicted octanol–water partition coefficient (Wildman–Crippen LogP) is 1.65. The molecule has 0 aliphatic carbocycles. The van der Waals surface area contributed by atoms with Crippen molar-refractivity contribution in [3.63, 3.8) is 0 Å². The van der Waals surface area contributed by atoms with Crippen LogP contribution in [-0.4, -0.2) is 84.4 Å². The minimum Gasteiger partial charge on any atom is -0.336 e. The molecule has 146 valence electrons. The third-order valence-electron chi connectivity index (χ3n) is 6.26. The molecule has 0 saturated carbocycles. The molecule has 3 saturated heterocycles. The molecule has 4 aliphatic rings. The molecule has 3 amide bonds. The minimum absolute atomic E-state index is 0.0637. The summed E-state index contributed by atoms with van der Waals surface area (Å²) < 4.78 is 0. The molecule has 2 atom stereocenters. The highest BCUT2D eigenvalue weighted by molar-refractivity contribution is 5.79. The van der Waals surface area contributed by atoms with Gasteiger partial charge in [0.05, 0.1) is 6.54 Å². The van der Waals surface area contributed by atoms with Crippen LogP contribution in [0.25, 0.3) is 0 Å². The fourth-order valence-electron chi connectivity index (χ4n) is 4.80. The number of hydrogen-bond acceptors (Lipinski definition) is 3. The first kappa shape index (κ1) is 18.3. The van der Waals surface area contributed by atoms with E-state index in [0.29, 0.717) is 19.0 Å². The first-order valence-corrected chi connectivity index (χ1v) is 10.1. The maximum absolute atomic E-state index is 13.1. The van der Waals surface area contributed by atoms with Crippen LogP contribution in [0.3, 0.4) is 0 Å². The summed E-state index contributed by atoms with van der Waals surface area (Å²) in [6, 6.07) is 8.76. The summed E-state index contributed by atoms with van der Waals surface area (Å²) in [6.45, 7) is 4.52. The van der Waals surface area contributed by atoms with E-state index in [-0.39, 0.29) is 18.0 Å². The molecule has 1 aromatic carbocycles. The van der Waals surface area contributed by atoms with Crippen LogP contribution in [0, 0.1) is 5.92 Å². The van der Waals surface area contributed by atoms with E-state index >= 15 is 0 Å². The summed E-state index contributed by atoms with van der Waals surface area (Å²) in [5.41, 5.74) is 2.75. The topological polar surface area (TPSA) is 47.1 Å². The Labute approximate surface area is 161 Å². The Morgan fingerprint density at radius 1 is 1.07 bits per heavy atom. The number of fused-ring (bicyclic) bond motifs is 5. The van der Waals surface area contributed by atoms with Crippen molar-refractivity contribution >= 4 is 11.9 Å². The molecule has 0 radical (unpaired) electrons. The van der Waals surface area contributed by atoms with Crippen molar-refractivity contribution in [2.75, 3.05) is 46.8 Å². The van der Waals surface area contributed by atoms with Crippen LogP contribution in [0.2, 0.25) is 0 Å². The Balaban J connectivity index is 1.40. The van der Waals surface area contributed by atoms with Crippen molar-refractivity contribution in [1.82, 2.24) is 19.6 Å². The molecule has 4 heterocycles. The van der Waals surface area contributed by atoms with E-state index in [1.54, 1.807) is 19.0 Å². The van der Waals surface area contributed by atoms with Crippen LogP contribution >= 0.6 is 0 Å². The molecule has 5 rings (SSSR count). The van der Waals surface area contributed by atoms with Gasteiger partial charge in [0.1, 0.15) is 0 Å². The molecular weight excluding hydrogens is 340 g/mol. The van der Waals surface area contributed by atoms with Gasteiger partial charge in [-0.25, -0.2) is 4.79 Å². The van der Waals surface area contributed by atoms with Gasteiger partial charge in [-0.1, -0.05) is 24.3 Å². The van der Waals surface area contributed by atoms with E-state index in [1.165, 1.54) is 11.1 Å². The van der Waals surface area contributed by atoms with Crippen LogP contribution in [0.1, 0.15) is 24.0 Å². The molecule has 0 aromatic heterocycles. The van der Waals surface area contributed by atoms with Crippen molar-refractivity contribution in [2.24, 2.45) is 5.92 Å². The fourth-order valence-corrected chi connectivity index (χ4v) is 4.80. The average molecular weight is 370 g/mol. The molecule has 6 nitrogen and oxygen atoms in total. The van der Waals surface area contributed by atoms with Gasteiger partial charge in [-0.3, -0.25) is 9.69 Å². The second kappa shape index (κ2) is 7.50. The largest absolute Gasteiger partial charge is 0.336 e. The van der Waals surface area contributed by atoms with Gasteiger partial charge >= 0.3 is 6.03 Å². The third-order valence-corrected chi connectivity index (χ3v) is 6.26. The molecule has 2 bridgehead atoms. The molecule has 0 spiro atoms. The maximum atomic E-state index is 13.1. The monoisotopic (exact) mass is 370 g/mol. The molecule has 0 unspecified atom stereocenters. The fraction of sp³-hybridized carbons (Fsp3) is 0.619. The molecule has 3 fully saturated rings. The lowest BCUT2D eigenvalue weighted by Gasteiger charge is -2.38. The standard InChI is InChI=1S/C21H30N4O2/c1-22(2)21(27)24-11-16-7-8-19(14-24)25(12-16)20(26)15-23-10-9-17-5-3-4-6-18(17)13-23/h3-6,16,19H,7-15H2,1-2H3/t16-,19+/m0/s1. The first-order chi connectivity index (χ1) is 13.0. The summed E-state index contributed by atoms with van der Waals surface area (Å²) in [5.74, 6) is 0.627. The smallest absolute Gasteiger partial charge is 0.319 e. The van der Waals surface area contributed by atoms with Crippen molar-refractivity contribution in [1.29, 1.82) is 0 Å². The maximum Gasteiger partial charge on any atom is 0.319 e. The average Bonchev–Trinajstić information content (AvgIpc) is 2.99. The number of carbonyl (C=O) groups excluding carboxylic acids is 2. The number of urea groups is 1. The zero-order valence-corrected chi connectivity index (χ0v) is 16.4. The van der Waals surface area contributed by atoms with Gasteiger partial charge in [-0.05, 0) is 36.3 Å². The van der Waals surface area contributed by atoms with Gasteiger partial charge < -0.3 is 14.7 Å². The normalized spacial score (nSPS) is 25.1. The quantitative estimate of drug-likeness (QED) is 0.795. The number of amides is 3. The number of rotatable bonds is 2. The second-order valence-corrected chi connectivity index (χ2v) is 8.45. The van der Waals surface area contributed by atoms with Crippen molar-refractivity contribution in [3.8, 4) is 0 Å². The molecule has 4 aliphatic heterocycles. The van der Waals surface area contributed by atoms with E-state index in [0.717, 1.165) is 45.4 Å². The van der Waals surface area contributed by atoms with E-state index in [2.05, 4.69) is 34.1 Å². The van der Waals surface area contributed by atoms with Gasteiger partial charge in [0.2, 0.25) is 5.91 Å². The van der Waals surface area contributed by atoms with Gasteiger partial charge in [-0.15, -0.1) is 0 Å². The lowest BCUT2D eigenvalue weighted by molar-refractivity contribution is -0.136. The lowest BCUT2D eigenvalue weighted by atomic mass is 9.94. The molecule has 1 aromatic rings. The van der Waals surface area contributed by atoms with Crippen LogP contribution < -0.4 is 0 Å². The SMILES string of the molecule is CN(C)C(=O)N1C[C@@H]2CC[C@H](C1)N(C(=O)CN1CCc3ccccc3C1)C2. The molecule has 6 heteroatoms. The van der Waals surface area contributed by atoms with Gasteiger partial charge in [-0.2, -0.15) is 0 Å². The number of nitrogens with zero attached hydrogens (tertiary/aromatic N) is 4. The number of carbonyl (C=O) groups is 2. The van der Waals surface area contributed by atoms with Crippen molar-refractivity contribution in [3.05, 3.63) is 35.4 Å². The van der Waals surface area contributed by atoms with Crippen LogP contribution in [0.5, 0.6) is 0 Å². The van der Waals surface area contributed by atoms with E-state index in [1.807, 2.05) is 4.90 Å². The number of piperidine rings is 1. The van der Waals surface area contributed by atoms with Gasteiger partial charge in [0.15, 0.2) is 0 Å².